The minimum Gasteiger partial charge on any atom is -0.346 e. The van der Waals surface area contributed by atoms with E-state index in [1.54, 1.807) is 13.8 Å². The van der Waals surface area contributed by atoms with Gasteiger partial charge in [-0.25, -0.2) is 18.0 Å². The lowest BCUT2D eigenvalue weighted by Crippen LogP contribution is -2.45. The highest BCUT2D eigenvalue weighted by Crippen LogP contribution is 2.27. The van der Waals surface area contributed by atoms with Crippen molar-refractivity contribution >= 4 is 17.6 Å². The van der Waals surface area contributed by atoms with E-state index in [0.29, 0.717) is 11.3 Å². The lowest BCUT2D eigenvalue weighted by Gasteiger charge is -2.29. The summed E-state index contributed by atoms with van der Waals surface area (Å²) in [5.41, 5.74) is 1.22. The Labute approximate surface area is 153 Å². The molecular formula is C18H17F3N4O2. The summed E-state index contributed by atoms with van der Waals surface area (Å²) < 4.78 is 40.5. The number of carbonyl (C=O) groups excluding carboxylic acids is 2. The van der Waals surface area contributed by atoms with Crippen molar-refractivity contribution in [3.8, 4) is 0 Å². The third kappa shape index (κ3) is 3.86. The van der Waals surface area contributed by atoms with Gasteiger partial charge in [0.15, 0.2) is 11.6 Å². The first-order chi connectivity index (χ1) is 12.8. The fourth-order valence-electron chi connectivity index (χ4n) is 2.98. The van der Waals surface area contributed by atoms with Crippen LogP contribution in [0.25, 0.3) is 0 Å². The predicted octanol–water partition coefficient (Wildman–Crippen LogP) is 3.03. The van der Waals surface area contributed by atoms with E-state index in [2.05, 4.69) is 15.6 Å². The highest BCUT2D eigenvalue weighted by atomic mass is 19.2. The fraction of sp³-hybridized carbons (Fsp3) is 0.278. The third-order valence-electron chi connectivity index (χ3n) is 4.28. The van der Waals surface area contributed by atoms with Crippen molar-refractivity contribution in [3.63, 3.8) is 0 Å². The van der Waals surface area contributed by atoms with Gasteiger partial charge in [-0.05, 0) is 37.6 Å². The summed E-state index contributed by atoms with van der Waals surface area (Å²) in [5, 5.41) is 5.09. The van der Waals surface area contributed by atoms with Crippen molar-refractivity contribution in [1.82, 2.24) is 15.2 Å². The Balaban J connectivity index is 1.68. The topological polar surface area (TPSA) is 74.3 Å². The van der Waals surface area contributed by atoms with E-state index in [0.717, 1.165) is 17.2 Å². The molecule has 6 nitrogen and oxygen atoms in total. The van der Waals surface area contributed by atoms with Gasteiger partial charge >= 0.3 is 6.03 Å². The van der Waals surface area contributed by atoms with Crippen LogP contribution >= 0.6 is 0 Å². The summed E-state index contributed by atoms with van der Waals surface area (Å²) in [5.74, 6) is -3.07. The van der Waals surface area contributed by atoms with E-state index >= 15 is 0 Å². The van der Waals surface area contributed by atoms with Crippen LogP contribution in [0.1, 0.15) is 29.8 Å². The molecule has 0 saturated heterocycles. The Morgan fingerprint density at radius 3 is 2.81 bits per heavy atom. The number of halogens is 3. The molecule has 3 rings (SSSR count). The Bertz CT molecular complexity index is 920. The van der Waals surface area contributed by atoms with Crippen molar-refractivity contribution in [2.45, 2.75) is 26.4 Å². The van der Waals surface area contributed by atoms with Crippen LogP contribution in [0.2, 0.25) is 0 Å². The molecule has 0 aliphatic carbocycles. The molecule has 1 aromatic heterocycles. The molecule has 1 aliphatic heterocycles. The van der Waals surface area contributed by atoms with Gasteiger partial charge in [0.2, 0.25) is 5.91 Å². The predicted molar refractivity (Wildman–Crippen MR) is 91.3 cm³/mol. The van der Waals surface area contributed by atoms with E-state index in [1.807, 2.05) is 0 Å². The molecule has 1 atom stereocenters. The Morgan fingerprint density at radius 1 is 1.37 bits per heavy atom. The summed E-state index contributed by atoms with van der Waals surface area (Å²) in [7, 11) is 0. The molecule has 0 fully saturated rings. The number of carbonyl (C=O) groups is 2. The van der Waals surface area contributed by atoms with Crippen molar-refractivity contribution in [2.75, 3.05) is 11.9 Å². The molecular weight excluding hydrogens is 361 g/mol. The molecule has 9 heteroatoms. The molecule has 3 amide bonds. The number of hydrogen-bond donors (Lipinski definition) is 2. The van der Waals surface area contributed by atoms with Crippen LogP contribution in [0.3, 0.4) is 0 Å². The number of aromatic nitrogens is 1. The van der Waals surface area contributed by atoms with E-state index in [-0.39, 0.29) is 24.3 Å². The molecule has 2 heterocycles. The van der Waals surface area contributed by atoms with Crippen LogP contribution in [0, 0.1) is 24.4 Å². The zero-order chi connectivity index (χ0) is 19.7. The number of nitrogens with one attached hydrogen (secondary N) is 2. The maximum atomic E-state index is 13.9. The molecule has 142 valence electrons. The monoisotopic (exact) mass is 378 g/mol. The molecule has 2 N–H and O–H groups in total. The molecule has 2 aromatic rings. The van der Waals surface area contributed by atoms with E-state index in [1.165, 1.54) is 12.1 Å². The molecule has 1 aliphatic rings. The number of pyridine rings is 1. The van der Waals surface area contributed by atoms with Gasteiger partial charge in [0.25, 0.3) is 0 Å². The minimum absolute atomic E-state index is 0.0218. The minimum atomic E-state index is -1.06. The lowest BCUT2D eigenvalue weighted by molar-refractivity contribution is -0.122. The molecule has 1 aromatic carbocycles. The number of nitrogens with zero attached hydrogens (tertiary/aromatic N) is 2. The summed E-state index contributed by atoms with van der Waals surface area (Å²) in [6.07, 6.45) is 1.05. The van der Waals surface area contributed by atoms with Gasteiger partial charge in [-0.3, -0.25) is 9.78 Å². The van der Waals surface area contributed by atoms with Gasteiger partial charge in [-0.1, -0.05) is 0 Å². The van der Waals surface area contributed by atoms with Gasteiger partial charge < -0.3 is 15.5 Å². The van der Waals surface area contributed by atoms with Crippen molar-refractivity contribution in [3.05, 3.63) is 58.7 Å². The maximum absolute atomic E-state index is 13.9. The molecule has 0 spiro atoms. The van der Waals surface area contributed by atoms with E-state index < -0.39 is 35.4 Å². The van der Waals surface area contributed by atoms with Gasteiger partial charge in [-0.2, -0.15) is 0 Å². The first-order valence-corrected chi connectivity index (χ1v) is 8.20. The van der Waals surface area contributed by atoms with Crippen molar-refractivity contribution in [2.24, 2.45) is 0 Å². The number of amides is 3. The quantitative estimate of drug-likeness (QED) is 0.859. The van der Waals surface area contributed by atoms with Crippen molar-refractivity contribution < 1.29 is 22.8 Å². The highest BCUT2D eigenvalue weighted by Gasteiger charge is 2.28. The van der Waals surface area contributed by atoms with E-state index in [9.17, 15) is 22.8 Å². The average molecular weight is 378 g/mol. The Hall–Kier alpha value is -3.10. The summed E-state index contributed by atoms with van der Waals surface area (Å²) >= 11 is 0. The molecule has 0 bridgehead atoms. The van der Waals surface area contributed by atoms with Gasteiger partial charge in [0, 0.05) is 5.56 Å². The summed E-state index contributed by atoms with van der Waals surface area (Å²) in [6.45, 7) is 2.75. The van der Waals surface area contributed by atoms with Gasteiger partial charge in [0.05, 0.1) is 30.2 Å². The zero-order valence-corrected chi connectivity index (χ0v) is 14.6. The van der Waals surface area contributed by atoms with Crippen LogP contribution in [0.5, 0.6) is 0 Å². The second-order valence-corrected chi connectivity index (χ2v) is 6.32. The first kappa shape index (κ1) is 18.7. The number of urea groups is 1. The van der Waals surface area contributed by atoms with Crippen LogP contribution < -0.4 is 10.6 Å². The van der Waals surface area contributed by atoms with E-state index in [4.69, 9.17) is 0 Å². The van der Waals surface area contributed by atoms with Crippen LogP contribution in [0.4, 0.5) is 23.7 Å². The van der Waals surface area contributed by atoms with Crippen molar-refractivity contribution in [1.29, 1.82) is 0 Å². The smallest absolute Gasteiger partial charge is 0.322 e. The molecule has 0 unspecified atom stereocenters. The van der Waals surface area contributed by atoms with Gasteiger partial charge in [-0.15, -0.1) is 0 Å². The second kappa shape index (κ2) is 7.26. The maximum Gasteiger partial charge on any atom is 0.322 e. The first-order valence-electron chi connectivity index (χ1n) is 8.20. The summed E-state index contributed by atoms with van der Waals surface area (Å²) in [4.78, 5) is 29.4. The molecule has 27 heavy (non-hydrogen) atoms. The number of aryl methyl sites for hydroxylation is 1. The average Bonchev–Trinajstić information content (AvgIpc) is 2.59. The standard InChI is InChI=1S/C18H17F3N4O2/c1-9-5-11(19)6-22-17(9)10(2)23-15(26)8-25-7-12-14(24-18(25)27)4-3-13(20)16(12)21/h3-6,10H,7-8H2,1-2H3,(H,23,26)(H,24,27)/t10-/m0/s1. The zero-order valence-electron chi connectivity index (χ0n) is 14.6. The molecule has 0 radical (unpaired) electrons. The van der Waals surface area contributed by atoms with Crippen LogP contribution in [-0.2, 0) is 11.3 Å². The lowest BCUT2D eigenvalue weighted by atomic mass is 10.1. The normalized spacial score (nSPS) is 14.4. The third-order valence-corrected chi connectivity index (χ3v) is 4.28. The second-order valence-electron chi connectivity index (χ2n) is 6.32. The number of fused-ring (bicyclic) bond motifs is 1. The highest BCUT2D eigenvalue weighted by molar-refractivity contribution is 5.94. The number of benzene rings is 1. The molecule has 0 saturated carbocycles. The largest absolute Gasteiger partial charge is 0.346 e. The Morgan fingerprint density at radius 2 is 2.11 bits per heavy atom. The number of anilines is 1. The number of hydrogen-bond acceptors (Lipinski definition) is 3. The SMILES string of the molecule is Cc1cc(F)cnc1[C@H](C)NC(=O)CN1Cc2c(ccc(F)c2F)NC1=O. The van der Waals surface area contributed by atoms with Crippen LogP contribution in [0.15, 0.2) is 24.4 Å². The fourth-order valence-corrected chi connectivity index (χ4v) is 2.98. The van der Waals surface area contributed by atoms with Gasteiger partial charge in [0.1, 0.15) is 12.4 Å². The number of rotatable bonds is 4. The Kier molecular flexibility index (Phi) is 5.02. The van der Waals surface area contributed by atoms with Crippen LogP contribution in [-0.4, -0.2) is 28.4 Å². The summed E-state index contributed by atoms with van der Waals surface area (Å²) in [6, 6.07) is 2.39.